The molecule has 0 aliphatic carbocycles. The fraction of sp³-hybridized carbons (Fsp3) is 0.800. The summed E-state index contributed by atoms with van der Waals surface area (Å²) in [5, 5.41) is 5.36. The summed E-state index contributed by atoms with van der Waals surface area (Å²) in [4.78, 5) is 15.2. The molecule has 2 amide bonds. The van der Waals surface area contributed by atoms with Gasteiger partial charge in [-0.25, -0.2) is 4.79 Å². The smallest absolute Gasteiger partial charge is 0.315 e. The van der Waals surface area contributed by atoms with E-state index < -0.39 is 0 Å². The fourth-order valence-electron chi connectivity index (χ4n) is 1.22. The largest absolute Gasteiger partial charge is 0.370 e. The van der Waals surface area contributed by atoms with Crippen LogP contribution in [0, 0.1) is 0 Å². The van der Waals surface area contributed by atoms with E-state index in [1.165, 1.54) is 0 Å². The summed E-state index contributed by atoms with van der Waals surface area (Å²) in [7, 11) is 0. The quantitative estimate of drug-likeness (QED) is 0.169. The Kier molecular flexibility index (Phi) is 8.67. The number of nitrogens with zero attached hydrogens (tertiary/aromatic N) is 1. The molecule has 8 nitrogen and oxygen atoms in total. The highest BCUT2D eigenvalue weighted by Crippen LogP contribution is 1.93. The number of carbonyl (C=O) groups excluding carboxylic acids is 1. The molecule has 0 aliphatic heterocycles. The van der Waals surface area contributed by atoms with Gasteiger partial charge in [0.2, 0.25) is 0 Å². The number of guanidine groups is 1. The molecule has 0 heterocycles. The van der Waals surface area contributed by atoms with E-state index in [1.54, 1.807) is 0 Å². The van der Waals surface area contributed by atoms with Crippen LogP contribution < -0.4 is 33.6 Å². The second-order valence-electron chi connectivity index (χ2n) is 4.20. The molecule has 2 atom stereocenters. The highest BCUT2D eigenvalue weighted by atomic mass is 16.2. The van der Waals surface area contributed by atoms with Gasteiger partial charge in [0.05, 0.1) is 0 Å². The summed E-state index contributed by atoms with van der Waals surface area (Å²) in [5.74, 6) is 0.0804. The van der Waals surface area contributed by atoms with Gasteiger partial charge in [0, 0.05) is 31.7 Å². The van der Waals surface area contributed by atoms with Gasteiger partial charge in [-0.05, 0) is 19.8 Å². The van der Waals surface area contributed by atoms with Crippen LogP contribution in [-0.2, 0) is 0 Å². The van der Waals surface area contributed by atoms with Gasteiger partial charge in [-0.2, -0.15) is 0 Å². The molecule has 106 valence electrons. The first-order valence-electron chi connectivity index (χ1n) is 6.01. The summed E-state index contributed by atoms with van der Waals surface area (Å²) in [6.45, 7) is 3.18. The molecule has 0 aromatic heterocycles. The Morgan fingerprint density at radius 1 is 1.39 bits per heavy atom. The molecule has 0 aromatic rings. The van der Waals surface area contributed by atoms with E-state index in [9.17, 15) is 4.79 Å². The number of rotatable bonds is 8. The lowest BCUT2D eigenvalue weighted by Gasteiger charge is -2.15. The first-order chi connectivity index (χ1) is 8.45. The Balaban J connectivity index is 3.60. The molecule has 0 fully saturated rings. The number of hydrogen-bond acceptors (Lipinski definition) is 4. The molecule has 0 radical (unpaired) electrons. The van der Waals surface area contributed by atoms with Gasteiger partial charge in [0.15, 0.2) is 5.96 Å². The third-order valence-electron chi connectivity index (χ3n) is 2.28. The van der Waals surface area contributed by atoms with Gasteiger partial charge >= 0.3 is 6.03 Å². The highest BCUT2D eigenvalue weighted by Gasteiger charge is 2.07. The summed E-state index contributed by atoms with van der Waals surface area (Å²) >= 11 is 0. The van der Waals surface area contributed by atoms with Crippen LogP contribution in [0.1, 0.15) is 19.8 Å². The van der Waals surface area contributed by atoms with Crippen LogP contribution in [-0.4, -0.2) is 43.7 Å². The third-order valence-corrected chi connectivity index (χ3v) is 2.28. The van der Waals surface area contributed by atoms with Gasteiger partial charge in [-0.15, -0.1) is 0 Å². The number of urea groups is 1. The van der Waals surface area contributed by atoms with Crippen molar-refractivity contribution in [3.8, 4) is 0 Å². The molecule has 0 saturated carbocycles. The number of nitrogens with two attached hydrogens (primary N) is 4. The zero-order chi connectivity index (χ0) is 14.0. The van der Waals surface area contributed by atoms with Gasteiger partial charge in [0.25, 0.3) is 0 Å². The molecule has 0 saturated heterocycles. The molecule has 10 N–H and O–H groups in total. The summed E-state index contributed by atoms with van der Waals surface area (Å²) in [6.07, 6.45) is 1.52. The van der Waals surface area contributed by atoms with E-state index in [4.69, 9.17) is 22.9 Å². The van der Waals surface area contributed by atoms with E-state index in [2.05, 4.69) is 15.6 Å². The van der Waals surface area contributed by atoms with Crippen LogP contribution in [0.25, 0.3) is 0 Å². The highest BCUT2D eigenvalue weighted by molar-refractivity contribution is 5.75. The Labute approximate surface area is 108 Å². The Morgan fingerprint density at radius 2 is 2.06 bits per heavy atom. The SMILES string of the molecule is CC(CN)NC(=O)NC[C@@H](N)CCCN=C(N)N. The number of carbonyl (C=O) groups is 1. The molecular formula is C10H25N7O. The third kappa shape index (κ3) is 9.67. The van der Waals surface area contributed by atoms with Crippen molar-refractivity contribution in [2.24, 2.45) is 27.9 Å². The fourth-order valence-corrected chi connectivity index (χ4v) is 1.22. The number of hydrogen-bond donors (Lipinski definition) is 6. The standard InChI is InChI=1S/C10H25N7O/c1-7(5-11)17-10(18)16-6-8(12)3-2-4-15-9(13)14/h7-8H,2-6,11-12H2,1H3,(H4,13,14,15)(H2,16,17,18)/t7?,8-/m0/s1. The Hall–Kier alpha value is -1.54. The normalized spacial score (nSPS) is 13.5. The predicted octanol–water partition coefficient (Wildman–Crippen LogP) is -1.99. The minimum absolute atomic E-state index is 0.0527. The molecule has 1 unspecified atom stereocenters. The Bertz CT molecular complexity index is 265. The molecule has 0 rings (SSSR count). The molecule has 0 aromatic carbocycles. The van der Waals surface area contributed by atoms with Crippen LogP contribution in [0.5, 0.6) is 0 Å². The zero-order valence-electron chi connectivity index (χ0n) is 10.9. The number of aliphatic imine (C=N–C) groups is 1. The second kappa shape index (κ2) is 9.49. The van der Waals surface area contributed by atoms with Crippen LogP contribution in [0.3, 0.4) is 0 Å². The van der Waals surface area contributed by atoms with Crippen molar-refractivity contribution in [2.45, 2.75) is 31.8 Å². The van der Waals surface area contributed by atoms with Gasteiger partial charge in [0.1, 0.15) is 0 Å². The van der Waals surface area contributed by atoms with Crippen molar-refractivity contribution in [2.75, 3.05) is 19.6 Å². The first-order valence-corrected chi connectivity index (χ1v) is 6.01. The van der Waals surface area contributed by atoms with Crippen molar-refractivity contribution in [3.63, 3.8) is 0 Å². The average molecular weight is 259 g/mol. The summed E-state index contributed by atoms with van der Waals surface area (Å²) in [6, 6.07) is -0.422. The van der Waals surface area contributed by atoms with Crippen molar-refractivity contribution in [1.29, 1.82) is 0 Å². The maximum atomic E-state index is 11.3. The van der Waals surface area contributed by atoms with Gasteiger partial charge in [-0.3, -0.25) is 4.99 Å². The average Bonchev–Trinajstić information content (AvgIpc) is 2.31. The molecule has 0 bridgehead atoms. The number of amides is 2. The van der Waals surface area contributed by atoms with Crippen LogP contribution in [0.2, 0.25) is 0 Å². The van der Waals surface area contributed by atoms with Crippen LogP contribution >= 0.6 is 0 Å². The lowest BCUT2D eigenvalue weighted by atomic mass is 10.1. The minimum Gasteiger partial charge on any atom is -0.370 e. The summed E-state index contributed by atoms with van der Waals surface area (Å²) in [5.41, 5.74) is 21.6. The van der Waals surface area contributed by atoms with E-state index in [0.29, 0.717) is 19.6 Å². The van der Waals surface area contributed by atoms with Crippen LogP contribution in [0.4, 0.5) is 4.79 Å². The van der Waals surface area contributed by atoms with Crippen LogP contribution in [0.15, 0.2) is 4.99 Å². The monoisotopic (exact) mass is 259 g/mol. The molecule has 0 spiro atoms. The maximum Gasteiger partial charge on any atom is 0.315 e. The predicted molar refractivity (Wildman–Crippen MR) is 72.9 cm³/mol. The van der Waals surface area contributed by atoms with Gasteiger partial charge in [-0.1, -0.05) is 0 Å². The molecular weight excluding hydrogens is 234 g/mol. The Morgan fingerprint density at radius 3 is 2.61 bits per heavy atom. The molecule has 0 aliphatic rings. The van der Waals surface area contributed by atoms with Gasteiger partial charge < -0.3 is 33.6 Å². The molecule has 8 heteroatoms. The topological polar surface area (TPSA) is 158 Å². The van der Waals surface area contributed by atoms with E-state index in [0.717, 1.165) is 12.8 Å². The lowest BCUT2D eigenvalue weighted by molar-refractivity contribution is 0.237. The lowest BCUT2D eigenvalue weighted by Crippen LogP contribution is -2.47. The summed E-state index contributed by atoms with van der Waals surface area (Å²) < 4.78 is 0. The number of nitrogens with one attached hydrogen (secondary N) is 2. The van der Waals surface area contributed by atoms with E-state index in [-0.39, 0.29) is 24.1 Å². The van der Waals surface area contributed by atoms with E-state index >= 15 is 0 Å². The first kappa shape index (κ1) is 16.5. The van der Waals surface area contributed by atoms with Crippen molar-refractivity contribution in [1.82, 2.24) is 10.6 Å². The minimum atomic E-state index is -0.257. The van der Waals surface area contributed by atoms with E-state index in [1.807, 2.05) is 6.92 Å². The molecule has 18 heavy (non-hydrogen) atoms. The second-order valence-corrected chi connectivity index (χ2v) is 4.20. The van der Waals surface area contributed by atoms with Crippen molar-refractivity contribution >= 4 is 12.0 Å². The maximum absolute atomic E-state index is 11.3. The van der Waals surface area contributed by atoms with Crippen molar-refractivity contribution < 1.29 is 4.79 Å². The zero-order valence-corrected chi connectivity index (χ0v) is 10.9. The van der Waals surface area contributed by atoms with Crippen molar-refractivity contribution in [3.05, 3.63) is 0 Å².